The molecule has 4 aliphatic rings. The minimum Gasteiger partial charge on any atom is -0.396 e. The molecule has 0 amide bonds. The van der Waals surface area contributed by atoms with Gasteiger partial charge in [-0.1, -0.05) is 26.8 Å². The molecule has 0 aliphatic heterocycles. The summed E-state index contributed by atoms with van der Waals surface area (Å²) in [6.07, 6.45) is 0.408. The number of ketones is 1. The van der Waals surface area contributed by atoms with Crippen LogP contribution in [0.5, 0.6) is 0 Å². The van der Waals surface area contributed by atoms with E-state index in [1.807, 2.05) is 0 Å². The number of hydrogen-bond donors (Lipinski definition) is 4. The van der Waals surface area contributed by atoms with Crippen LogP contribution in [0, 0.1) is 34.0 Å². The predicted octanol–water partition coefficient (Wildman–Crippen LogP) is 1.04. The topological polar surface area (TPSA) is 98.0 Å². The van der Waals surface area contributed by atoms with Gasteiger partial charge in [0.1, 0.15) is 0 Å². The van der Waals surface area contributed by atoms with Crippen molar-refractivity contribution in [2.45, 2.75) is 64.3 Å². The van der Waals surface area contributed by atoms with E-state index >= 15 is 0 Å². The summed E-state index contributed by atoms with van der Waals surface area (Å²) in [5, 5.41) is 43.7. The van der Waals surface area contributed by atoms with E-state index < -0.39 is 41.0 Å². The number of carbonyl (C=O) groups is 1. The number of rotatable bonds is 1. The molecule has 5 heteroatoms. The quantitative estimate of drug-likeness (QED) is 0.530. The first-order valence-electron chi connectivity index (χ1n) is 9.53. The van der Waals surface area contributed by atoms with Crippen LogP contribution in [0.25, 0.3) is 0 Å². The van der Waals surface area contributed by atoms with Crippen LogP contribution in [-0.2, 0) is 4.79 Å². The van der Waals surface area contributed by atoms with Crippen LogP contribution in [0.4, 0.5) is 0 Å². The highest BCUT2D eigenvalue weighted by Gasteiger charge is 2.76. The molecule has 0 unspecified atom stereocenters. The van der Waals surface area contributed by atoms with Crippen molar-refractivity contribution in [1.29, 1.82) is 0 Å². The summed E-state index contributed by atoms with van der Waals surface area (Å²) < 4.78 is 0. The number of hydrogen-bond acceptors (Lipinski definition) is 5. The minimum atomic E-state index is -1.41. The molecule has 4 saturated carbocycles. The molecule has 0 aromatic heterocycles. The van der Waals surface area contributed by atoms with Gasteiger partial charge in [-0.25, -0.2) is 0 Å². The Morgan fingerprint density at radius 3 is 2.48 bits per heavy atom. The van der Waals surface area contributed by atoms with Crippen LogP contribution >= 0.6 is 0 Å². The smallest absolute Gasteiger partial charge is 0.170 e. The highest BCUT2D eigenvalue weighted by Crippen LogP contribution is 2.70. The molecule has 4 rings (SSSR count). The summed E-state index contributed by atoms with van der Waals surface area (Å²) in [5.74, 6) is -1.41. The maximum absolute atomic E-state index is 13.2. The third-order valence-electron chi connectivity index (χ3n) is 8.42. The third kappa shape index (κ3) is 1.81. The Bertz CT molecular complexity index is 628. The zero-order valence-corrected chi connectivity index (χ0v) is 15.1. The van der Waals surface area contributed by atoms with Gasteiger partial charge >= 0.3 is 0 Å². The lowest BCUT2D eigenvalue weighted by Crippen LogP contribution is -2.71. The molecule has 0 saturated heterocycles. The van der Waals surface area contributed by atoms with E-state index in [1.54, 1.807) is 0 Å². The van der Waals surface area contributed by atoms with Crippen molar-refractivity contribution in [3.63, 3.8) is 0 Å². The lowest BCUT2D eigenvalue weighted by atomic mass is 9.39. The molecule has 4 aliphatic carbocycles. The summed E-state index contributed by atoms with van der Waals surface area (Å²) in [4.78, 5) is 13.2. The number of Topliss-reactive ketones (excluding diaryl/α,β-unsaturated/α-hetero) is 1. The van der Waals surface area contributed by atoms with E-state index in [2.05, 4.69) is 20.4 Å². The average Bonchev–Trinajstić information content (AvgIpc) is 2.67. The van der Waals surface area contributed by atoms with Crippen molar-refractivity contribution in [3.8, 4) is 0 Å². The Morgan fingerprint density at radius 2 is 1.84 bits per heavy atom. The first-order chi connectivity index (χ1) is 11.6. The molecule has 4 N–H and O–H groups in total. The van der Waals surface area contributed by atoms with Crippen LogP contribution in [0.15, 0.2) is 12.2 Å². The molecule has 0 aromatic rings. The molecule has 4 fully saturated rings. The zero-order valence-electron chi connectivity index (χ0n) is 15.1. The van der Waals surface area contributed by atoms with Crippen LogP contribution < -0.4 is 0 Å². The van der Waals surface area contributed by atoms with Crippen LogP contribution in [0.2, 0.25) is 0 Å². The maximum atomic E-state index is 13.2. The van der Waals surface area contributed by atoms with E-state index in [1.165, 1.54) is 0 Å². The Balaban J connectivity index is 1.95. The van der Waals surface area contributed by atoms with Gasteiger partial charge in [-0.3, -0.25) is 4.79 Å². The first kappa shape index (κ1) is 17.7. The monoisotopic (exact) mass is 350 g/mol. The van der Waals surface area contributed by atoms with E-state index in [9.17, 15) is 25.2 Å². The molecule has 0 heterocycles. The summed E-state index contributed by atoms with van der Waals surface area (Å²) in [6.45, 7) is 8.04. The lowest BCUT2D eigenvalue weighted by Gasteiger charge is -2.66. The van der Waals surface area contributed by atoms with Gasteiger partial charge in [-0.05, 0) is 42.6 Å². The molecule has 140 valence electrons. The van der Waals surface area contributed by atoms with Gasteiger partial charge < -0.3 is 20.4 Å². The number of carbonyl (C=O) groups excluding carboxylic acids is 1. The van der Waals surface area contributed by atoms with Crippen molar-refractivity contribution in [2.24, 2.45) is 34.0 Å². The van der Waals surface area contributed by atoms with Gasteiger partial charge in [0.15, 0.2) is 5.78 Å². The number of fused-ring (bicyclic) bond motifs is 3. The molecular weight excluding hydrogens is 320 g/mol. The summed E-state index contributed by atoms with van der Waals surface area (Å²) in [7, 11) is 0. The van der Waals surface area contributed by atoms with E-state index in [0.717, 1.165) is 12.8 Å². The van der Waals surface area contributed by atoms with Crippen molar-refractivity contribution >= 4 is 5.78 Å². The standard InChI is InChI=1S/C20H30O5/c1-10-11-7-12(22)15-19(9-21)6-4-5-18(2,3)13(19)8-14(23)20(15,16(10)24)17(11)25/h11-15,17,21-23,25H,1,4-9H2,2-3H3/t11-,12-,13+,14+,15-,17+,19-,20+/m0/s1. The summed E-state index contributed by atoms with van der Waals surface area (Å²) in [6, 6.07) is 0. The summed E-state index contributed by atoms with van der Waals surface area (Å²) >= 11 is 0. The van der Waals surface area contributed by atoms with E-state index in [0.29, 0.717) is 18.4 Å². The van der Waals surface area contributed by atoms with E-state index in [4.69, 9.17) is 0 Å². The minimum absolute atomic E-state index is 0.00411. The largest absolute Gasteiger partial charge is 0.396 e. The lowest BCUT2D eigenvalue weighted by molar-refractivity contribution is -0.263. The molecule has 0 radical (unpaired) electrons. The Morgan fingerprint density at radius 1 is 1.16 bits per heavy atom. The SMILES string of the molecule is C=C1C(=O)[C@@]23[C@H](O)C[C@@H]4C(C)(C)CCC[C@@]4(CO)[C@@H]2[C@@H](O)C[C@@H]1[C@H]3O. The second-order valence-corrected chi connectivity index (χ2v) is 9.66. The molecular formula is C20H30O5. The molecule has 25 heavy (non-hydrogen) atoms. The predicted molar refractivity (Wildman–Crippen MR) is 91.5 cm³/mol. The van der Waals surface area contributed by atoms with Gasteiger partial charge in [0.05, 0.1) is 23.7 Å². The Labute approximate surface area is 148 Å². The van der Waals surface area contributed by atoms with Gasteiger partial charge in [0.25, 0.3) is 0 Å². The highest BCUT2D eigenvalue weighted by atomic mass is 16.3. The molecule has 0 aromatic carbocycles. The summed E-state index contributed by atoms with van der Waals surface area (Å²) in [5.41, 5.74) is -1.82. The van der Waals surface area contributed by atoms with Crippen molar-refractivity contribution in [1.82, 2.24) is 0 Å². The van der Waals surface area contributed by atoms with Gasteiger partial charge in [-0.15, -0.1) is 0 Å². The Kier molecular flexibility index (Phi) is 3.64. The fourth-order valence-corrected chi connectivity index (χ4v) is 7.46. The third-order valence-corrected chi connectivity index (χ3v) is 8.42. The highest BCUT2D eigenvalue weighted by molar-refractivity contribution is 6.04. The number of aliphatic hydroxyl groups excluding tert-OH is 4. The first-order valence-corrected chi connectivity index (χ1v) is 9.53. The maximum Gasteiger partial charge on any atom is 0.170 e. The van der Waals surface area contributed by atoms with Crippen molar-refractivity contribution in [2.75, 3.05) is 6.61 Å². The van der Waals surface area contributed by atoms with Crippen LogP contribution in [0.3, 0.4) is 0 Å². The molecule has 2 bridgehead atoms. The van der Waals surface area contributed by atoms with Gasteiger partial charge in [-0.2, -0.15) is 0 Å². The normalized spacial score (nSPS) is 54.2. The second-order valence-electron chi connectivity index (χ2n) is 9.66. The van der Waals surface area contributed by atoms with Crippen LogP contribution in [0.1, 0.15) is 46.0 Å². The molecule has 1 spiro atoms. The van der Waals surface area contributed by atoms with Gasteiger partial charge in [0, 0.05) is 23.9 Å². The van der Waals surface area contributed by atoms with Crippen molar-refractivity contribution in [3.05, 3.63) is 12.2 Å². The fraction of sp³-hybridized carbons (Fsp3) is 0.850. The second kappa shape index (κ2) is 5.16. The zero-order chi connectivity index (χ0) is 18.4. The number of aliphatic hydroxyl groups is 4. The molecule has 5 nitrogen and oxygen atoms in total. The van der Waals surface area contributed by atoms with Crippen molar-refractivity contribution < 1.29 is 25.2 Å². The average molecular weight is 350 g/mol. The van der Waals surface area contributed by atoms with E-state index in [-0.39, 0.29) is 30.1 Å². The fourth-order valence-electron chi connectivity index (χ4n) is 7.46. The van der Waals surface area contributed by atoms with Gasteiger partial charge in [0.2, 0.25) is 0 Å². The molecule has 8 atom stereocenters. The Hall–Kier alpha value is -0.750. The van der Waals surface area contributed by atoms with Crippen LogP contribution in [-0.4, -0.2) is 51.1 Å².